The Bertz CT molecular complexity index is 684. The second-order valence-electron chi connectivity index (χ2n) is 4.95. The summed E-state index contributed by atoms with van der Waals surface area (Å²) in [6.07, 6.45) is 0.516. The molecule has 2 amide bonds. The number of anilines is 1. The molecule has 1 heterocycles. The van der Waals surface area contributed by atoms with Crippen molar-refractivity contribution in [1.82, 2.24) is 10.3 Å². The number of aromatic nitrogens is 1. The summed E-state index contributed by atoms with van der Waals surface area (Å²) in [5.74, 6) is -0.826. The fourth-order valence-corrected chi connectivity index (χ4v) is 1.94. The molecular formula is C16H16F3N3O2. The van der Waals surface area contributed by atoms with Gasteiger partial charge in [0.05, 0.1) is 11.7 Å². The van der Waals surface area contributed by atoms with Gasteiger partial charge >= 0.3 is 6.03 Å². The van der Waals surface area contributed by atoms with Gasteiger partial charge in [-0.15, -0.1) is 0 Å². The van der Waals surface area contributed by atoms with Crippen molar-refractivity contribution in [3.63, 3.8) is 0 Å². The van der Waals surface area contributed by atoms with Crippen LogP contribution >= 0.6 is 0 Å². The second kappa shape index (κ2) is 8.19. The van der Waals surface area contributed by atoms with Gasteiger partial charge in [0.2, 0.25) is 0 Å². The van der Waals surface area contributed by atoms with Crippen LogP contribution in [0.2, 0.25) is 0 Å². The van der Waals surface area contributed by atoms with Crippen LogP contribution in [0.1, 0.15) is 18.5 Å². The molecular weight excluding hydrogens is 323 g/mol. The predicted octanol–water partition coefficient (Wildman–Crippen LogP) is 3.75. The zero-order valence-electron chi connectivity index (χ0n) is 12.8. The van der Waals surface area contributed by atoms with Crippen molar-refractivity contribution < 1.29 is 22.7 Å². The molecule has 1 unspecified atom stereocenters. The normalized spacial score (nSPS) is 11.9. The number of hydrogen-bond donors (Lipinski definition) is 2. The lowest BCUT2D eigenvalue weighted by Gasteiger charge is -2.16. The first-order chi connectivity index (χ1) is 11.5. The van der Waals surface area contributed by atoms with E-state index >= 15 is 0 Å². The van der Waals surface area contributed by atoms with E-state index in [0.717, 1.165) is 17.7 Å². The summed E-state index contributed by atoms with van der Waals surface area (Å²) in [6.45, 7) is 0.862. The standard InChI is InChI=1S/C16H16F3N3O2/c1-10(11-3-2-6-20-8-11)21-16(23)22-13-5-4-12(17)7-14(13)24-9-15(18)19/h2-8,10,15H,9H2,1H3,(H2,21,22,23). The topological polar surface area (TPSA) is 63.2 Å². The number of halogens is 3. The number of amides is 2. The van der Waals surface area contributed by atoms with E-state index in [1.54, 1.807) is 31.5 Å². The number of nitrogens with one attached hydrogen (secondary N) is 2. The number of carbonyl (C=O) groups is 1. The minimum absolute atomic E-state index is 0.0907. The van der Waals surface area contributed by atoms with Gasteiger partial charge in [-0.25, -0.2) is 18.0 Å². The van der Waals surface area contributed by atoms with Crippen molar-refractivity contribution in [2.45, 2.75) is 19.4 Å². The van der Waals surface area contributed by atoms with Crippen LogP contribution in [0.15, 0.2) is 42.7 Å². The van der Waals surface area contributed by atoms with E-state index in [9.17, 15) is 18.0 Å². The van der Waals surface area contributed by atoms with Crippen LogP contribution in [0.5, 0.6) is 5.75 Å². The highest BCUT2D eigenvalue weighted by atomic mass is 19.3. The molecule has 0 aliphatic rings. The van der Waals surface area contributed by atoms with Gasteiger partial charge in [-0.2, -0.15) is 0 Å². The average molecular weight is 339 g/mol. The number of pyridine rings is 1. The molecule has 8 heteroatoms. The van der Waals surface area contributed by atoms with Crippen LogP contribution in [0.3, 0.4) is 0 Å². The van der Waals surface area contributed by atoms with Gasteiger partial charge in [0, 0.05) is 18.5 Å². The summed E-state index contributed by atoms with van der Waals surface area (Å²) < 4.78 is 42.6. The minimum atomic E-state index is -2.71. The quantitative estimate of drug-likeness (QED) is 0.842. The molecule has 5 nitrogen and oxygen atoms in total. The molecule has 1 aromatic heterocycles. The highest BCUT2D eigenvalue weighted by molar-refractivity contribution is 5.91. The van der Waals surface area contributed by atoms with Crippen LogP contribution in [-0.4, -0.2) is 24.0 Å². The van der Waals surface area contributed by atoms with Crippen molar-refractivity contribution >= 4 is 11.7 Å². The Hall–Kier alpha value is -2.77. The fourth-order valence-electron chi connectivity index (χ4n) is 1.94. The first-order valence-corrected chi connectivity index (χ1v) is 7.13. The summed E-state index contributed by atoms with van der Waals surface area (Å²) >= 11 is 0. The van der Waals surface area contributed by atoms with Crippen molar-refractivity contribution in [2.24, 2.45) is 0 Å². The minimum Gasteiger partial charge on any atom is -0.485 e. The predicted molar refractivity (Wildman–Crippen MR) is 82.7 cm³/mol. The number of rotatable bonds is 6. The maximum atomic E-state index is 13.2. The van der Waals surface area contributed by atoms with Crippen molar-refractivity contribution in [3.05, 3.63) is 54.1 Å². The molecule has 0 spiro atoms. The molecule has 0 aliphatic carbocycles. The zero-order valence-corrected chi connectivity index (χ0v) is 12.8. The lowest BCUT2D eigenvalue weighted by atomic mass is 10.1. The van der Waals surface area contributed by atoms with Gasteiger partial charge in [-0.1, -0.05) is 6.07 Å². The molecule has 128 valence electrons. The van der Waals surface area contributed by atoms with E-state index in [1.165, 1.54) is 6.07 Å². The molecule has 0 radical (unpaired) electrons. The van der Waals surface area contributed by atoms with Gasteiger partial charge < -0.3 is 15.4 Å². The molecule has 0 bridgehead atoms. The lowest BCUT2D eigenvalue weighted by molar-refractivity contribution is 0.0821. The van der Waals surface area contributed by atoms with E-state index in [2.05, 4.69) is 15.6 Å². The number of carbonyl (C=O) groups excluding carboxylic acids is 1. The van der Waals surface area contributed by atoms with E-state index < -0.39 is 24.9 Å². The summed E-state index contributed by atoms with van der Waals surface area (Å²) in [7, 11) is 0. The molecule has 1 atom stereocenters. The van der Waals surface area contributed by atoms with E-state index in [-0.39, 0.29) is 17.5 Å². The Morgan fingerprint density at radius 2 is 2.12 bits per heavy atom. The van der Waals surface area contributed by atoms with E-state index in [1.807, 2.05) is 0 Å². The Labute approximate surface area is 136 Å². The van der Waals surface area contributed by atoms with Gasteiger partial charge in [0.25, 0.3) is 6.43 Å². The fraction of sp³-hybridized carbons (Fsp3) is 0.250. The summed E-state index contributed by atoms with van der Waals surface area (Å²) in [5.41, 5.74) is 0.883. The van der Waals surface area contributed by atoms with Gasteiger partial charge in [-0.05, 0) is 30.7 Å². The number of urea groups is 1. The zero-order chi connectivity index (χ0) is 17.5. The monoisotopic (exact) mass is 339 g/mol. The molecule has 2 aromatic rings. The SMILES string of the molecule is CC(NC(=O)Nc1ccc(F)cc1OCC(F)F)c1cccnc1. The van der Waals surface area contributed by atoms with E-state index in [0.29, 0.717) is 0 Å². The maximum Gasteiger partial charge on any atom is 0.319 e. The first kappa shape index (κ1) is 17.6. The van der Waals surface area contributed by atoms with Crippen molar-refractivity contribution in [1.29, 1.82) is 0 Å². The average Bonchev–Trinajstić information content (AvgIpc) is 2.55. The third-order valence-corrected chi connectivity index (χ3v) is 3.09. The number of alkyl halides is 2. The van der Waals surface area contributed by atoms with Crippen LogP contribution in [0.4, 0.5) is 23.7 Å². The second-order valence-corrected chi connectivity index (χ2v) is 4.95. The molecule has 0 saturated carbocycles. The largest absolute Gasteiger partial charge is 0.485 e. The van der Waals surface area contributed by atoms with Gasteiger partial charge in [0.15, 0.2) is 0 Å². The third-order valence-electron chi connectivity index (χ3n) is 3.09. The Morgan fingerprint density at radius 3 is 2.79 bits per heavy atom. The van der Waals surface area contributed by atoms with Crippen molar-refractivity contribution in [2.75, 3.05) is 11.9 Å². The highest BCUT2D eigenvalue weighted by Crippen LogP contribution is 2.26. The third kappa shape index (κ3) is 5.15. The molecule has 1 aromatic carbocycles. The number of ether oxygens (including phenoxy) is 1. The highest BCUT2D eigenvalue weighted by Gasteiger charge is 2.14. The molecule has 2 rings (SSSR count). The molecule has 24 heavy (non-hydrogen) atoms. The lowest BCUT2D eigenvalue weighted by Crippen LogP contribution is -2.31. The summed E-state index contributed by atoms with van der Waals surface area (Å²) in [4.78, 5) is 16.0. The molecule has 0 saturated heterocycles. The number of hydrogen-bond acceptors (Lipinski definition) is 3. The molecule has 2 N–H and O–H groups in total. The molecule has 0 fully saturated rings. The van der Waals surface area contributed by atoms with Crippen molar-refractivity contribution in [3.8, 4) is 5.75 Å². The van der Waals surface area contributed by atoms with Crippen LogP contribution in [0, 0.1) is 5.82 Å². The molecule has 0 aliphatic heterocycles. The van der Waals surface area contributed by atoms with E-state index in [4.69, 9.17) is 4.74 Å². The first-order valence-electron chi connectivity index (χ1n) is 7.13. The summed E-state index contributed by atoms with van der Waals surface area (Å²) in [6, 6.07) is 5.89. The number of nitrogens with zero attached hydrogens (tertiary/aromatic N) is 1. The van der Waals surface area contributed by atoms with Crippen LogP contribution in [0.25, 0.3) is 0 Å². The smallest absolute Gasteiger partial charge is 0.319 e. The Balaban J connectivity index is 2.03. The Kier molecular flexibility index (Phi) is 6.00. The Morgan fingerprint density at radius 1 is 1.33 bits per heavy atom. The van der Waals surface area contributed by atoms with Gasteiger partial charge in [-0.3, -0.25) is 4.98 Å². The summed E-state index contributed by atoms with van der Waals surface area (Å²) in [5, 5.41) is 5.12. The van der Waals surface area contributed by atoms with Crippen LogP contribution < -0.4 is 15.4 Å². The van der Waals surface area contributed by atoms with Gasteiger partial charge in [0.1, 0.15) is 18.2 Å². The van der Waals surface area contributed by atoms with Crippen LogP contribution in [-0.2, 0) is 0 Å². The maximum absolute atomic E-state index is 13.2. The number of benzene rings is 1.